The Hall–Kier alpha value is -3.30. The highest BCUT2D eigenvalue weighted by atomic mass is 32.1. The number of Topliss-reactive ketones (excluding diaryl/α,β-unsaturated/α-hetero) is 1. The monoisotopic (exact) mass is 482 g/mol. The van der Waals surface area contributed by atoms with Crippen molar-refractivity contribution in [1.29, 1.82) is 0 Å². The number of nitrogens with zero attached hydrogens (tertiary/aromatic N) is 1. The molecule has 2 aliphatic rings. The number of ether oxygens (including phenoxy) is 2. The molecule has 178 valence electrons. The molecule has 2 aromatic rings. The zero-order valence-electron chi connectivity index (χ0n) is 19.0. The quantitative estimate of drug-likeness (QED) is 0.254. The van der Waals surface area contributed by atoms with Gasteiger partial charge < -0.3 is 14.8 Å². The fourth-order valence-electron chi connectivity index (χ4n) is 4.60. The lowest BCUT2D eigenvalue weighted by Gasteiger charge is -2.36. The fraction of sp³-hybridized carbons (Fsp3) is 0.360. The van der Waals surface area contributed by atoms with E-state index in [9.17, 15) is 19.7 Å². The van der Waals surface area contributed by atoms with Gasteiger partial charge in [-0.1, -0.05) is 18.2 Å². The Morgan fingerprint density at radius 3 is 2.76 bits per heavy atom. The highest BCUT2D eigenvalue weighted by Crippen LogP contribution is 2.46. The summed E-state index contributed by atoms with van der Waals surface area (Å²) in [4.78, 5) is 38.7. The molecule has 0 spiro atoms. The molecule has 1 N–H and O–H groups in total. The SMILES string of the molecule is CCOCCOC(=O)C1=C(C)NC2=C(C(=O)CC(c3cccs3)C2)C1c1cccc([N+](=O)[O-])c1. The van der Waals surface area contributed by atoms with Crippen LogP contribution in [0.1, 0.15) is 49.0 Å². The second-order valence-corrected chi connectivity index (χ2v) is 9.20. The predicted molar refractivity (Wildman–Crippen MR) is 127 cm³/mol. The van der Waals surface area contributed by atoms with E-state index in [2.05, 4.69) is 5.32 Å². The number of dihydropyridines is 1. The molecule has 2 heterocycles. The molecule has 0 radical (unpaired) electrons. The van der Waals surface area contributed by atoms with Crippen LogP contribution in [0.25, 0.3) is 0 Å². The van der Waals surface area contributed by atoms with Crippen molar-refractivity contribution in [1.82, 2.24) is 5.32 Å². The molecule has 0 saturated heterocycles. The number of nitro benzene ring substituents is 1. The van der Waals surface area contributed by atoms with Gasteiger partial charge in [-0.25, -0.2) is 4.79 Å². The molecule has 1 aliphatic carbocycles. The van der Waals surface area contributed by atoms with Gasteiger partial charge in [0.2, 0.25) is 0 Å². The summed E-state index contributed by atoms with van der Waals surface area (Å²) in [6, 6.07) is 10.1. The van der Waals surface area contributed by atoms with E-state index < -0.39 is 16.8 Å². The van der Waals surface area contributed by atoms with Gasteiger partial charge in [0.1, 0.15) is 6.61 Å². The summed E-state index contributed by atoms with van der Waals surface area (Å²) >= 11 is 1.62. The maximum atomic E-state index is 13.5. The molecule has 1 aromatic carbocycles. The van der Waals surface area contributed by atoms with Gasteiger partial charge in [-0.15, -0.1) is 11.3 Å². The van der Waals surface area contributed by atoms with E-state index in [0.717, 1.165) is 10.6 Å². The highest BCUT2D eigenvalue weighted by molar-refractivity contribution is 7.10. The fourth-order valence-corrected chi connectivity index (χ4v) is 5.43. The van der Waals surface area contributed by atoms with Gasteiger partial charge in [-0.3, -0.25) is 14.9 Å². The van der Waals surface area contributed by atoms with Crippen molar-refractivity contribution in [3.05, 3.63) is 84.9 Å². The first-order valence-electron chi connectivity index (χ1n) is 11.2. The third-order valence-corrected chi connectivity index (χ3v) is 7.11. The Kier molecular flexibility index (Phi) is 7.23. The maximum absolute atomic E-state index is 13.5. The minimum absolute atomic E-state index is 0.0528. The molecule has 2 unspecified atom stereocenters. The third kappa shape index (κ3) is 4.80. The van der Waals surface area contributed by atoms with Crippen molar-refractivity contribution in [3.8, 4) is 0 Å². The molecule has 0 amide bonds. The van der Waals surface area contributed by atoms with Gasteiger partial charge in [0.25, 0.3) is 5.69 Å². The molecule has 4 rings (SSSR count). The zero-order valence-corrected chi connectivity index (χ0v) is 19.9. The number of rotatable bonds is 8. The van der Waals surface area contributed by atoms with Crippen LogP contribution in [0.5, 0.6) is 0 Å². The van der Waals surface area contributed by atoms with E-state index >= 15 is 0 Å². The Morgan fingerprint density at radius 1 is 1.24 bits per heavy atom. The van der Waals surface area contributed by atoms with Crippen molar-refractivity contribution in [2.75, 3.05) is 19.8 Å². The molecular formula is C25H26N2O6S. The number of hydrogen-bond acceptors (Lipinski definition) is 8. The second-order valence-electron chi connectivity index (χ2n) is 8.22. The molecule has 0 fully saturated rings. The lowest BCUT2D eigenvalue weighted by Crippen LogP contribution is -2.36. The standard InChI is InChI=1S/C25H26N2O6S/c1-3-32-9-10-33-25(29)22-15(2)26-19-13-17(21-8-5-11-34-21)14-20(28)24(19)23(22)16-6-4-7-18(12-16)27(30)31/h4-8,11-12,17,23,26H,3,9-10,13-14H2,1-2H3. The van der Waals surface area contributed by atoms with Crippen LogP contribution in [0.2, 0.25) is 0 Å². The molecule has 8 nitrogen and oxygen atoms in total. The number of non-ortho nitro benzene ring substituents is 1. The number of ketones is 1. The first kappa shape index (κ1) is 23.8. The van der Waals surface area contributed by atoms with E-state index in [1.54, 1.807) is 30.4 Å². The van der Waals surface area contributed by atoms with Gasteiger partial charge in [-0.2, -0.15) is 0 Å². The molecule has 1 aliphatic heterocycles. The zero-order chi connectivity index (χ0) is 24.2. The van der Waals surface area contributed by atoms with Crippen molar-refractivity contribution >= 4 is 28.8 Å². The largest absolute Gasteiger partial charge is 0.460 e. The number of hydrogen-bond donors (Lipinski definition) is 1. The smallest absolute Gasteiger partial charge is 0.336 e. The van der Waals surface area contributed by atoms with E-state index in [-0.39, 0.29) is 30.6 Å². The van der Waals surface area contributed by atoms with Crippen LogP contribution in [-0.4, -0.2) is 36.5 Å². The third-order valence-electron chi connectivity index (χ3n) is 6.07. The van der Waals surface area contributed by atoms with Crippen LogP contribution in [0, 0.1) is 10.1 Å². The number of esters is 1. The summed E-state index contributed by atoms with van der Waals surface area (Å²) < 4.78 is 10.7. The molecule has 1 aromatic heterocycles. The topological polar surface area (TPSA) is 108 Å². The van der Waals surface area contributed by atoms with E-state index in [1.807, 2.05) is 24.4 Å². The second kappa shape index (κ2) is 10.3. The maximum Gasteiger partial charge on any atom is 0.336 e. The summed E-state index contributed by atoms with van der Waals surface area (Å²) in [7, 11) is 0. The van der Waals surface area contributed by atoms with Crippen molar-refractivity contribution < 1.29 is 24.0 Å². The first-order valence-corrected chi connectivity index (χ1v) is 12.0. The predicted octanol–water partition coefficient (Wildman–Crippen LogP) is 4.60. The number of benzene rings is 1. The summed E-state index contributed by atoms with van der Waals surface area (Å²) in [5.41, 5.74) is 2.53. The van der Waals surface area contributed by atoms with E-state index in [0.29, 0.717) is 41.9 Å². The lowest BCUT2D eigenvalue weighted by molar-refractivity contribution is -0.384. The van der Waals surface area contributed by atoms with Crippen molar-refractivity contribution in [2.24, 2.45) is 0 Å². The van der Waals surface area contributed by atoms with Crippen LogP contribution < -0.4 is 5.32 Å². The average Bonchev–Trinajstić information content (AvgIpc) is 3.36. The lowest BCUT2D eigenvalue weighted by atomic mass is 9.72. The minimum Gasteiger partial charge on any atom is -0.460 e. The van der Waals surface area contributed by atoms with Crippen LogP contribution in [0.15, 0.2) is 64.3 Å². The summed E-state index contributed by atoms with van der Waals surface area (Å²) in [5.74, 6) is -1.33. The van der Waals surface area contributed by atoms with Crippen LogP contribution in [0.3, 0.4) is 0 Å². The molecule has 0 bridgehead atoms. The Balaban J connectivity index is 1.75. The van der Waals surface area contributed by atoms with Crippen LogP contribution >= 0.6 is 11.3 Å². The average molecular weight is 483 g/mol. The number of carbonyl (C=O) groups excluding carboxylic acids is 2. The molecule has 2 atom stereocenters. The molecule has 9 heteroatoms. The van der Waals surface area contributed by atoms with Crippen molar-refractivity contribution in [3.63, 3.8) is 0 Å². The van der Waals surface area contributed by atoms with Gasteiger partial charge in [0.05, 0.1) is 17.1 Å². The number of thiophene rings is 1. The van der Waals surface area contributed by atoms with Crippen LogP contribution in [-0.2, 0) is 19.1 Å². The highest BCUT2D eigenvalue weighted by Gasteiger charge is 2.41. The normalized spacial score (nSPS) is 20.1. The van der Waals surface area contributed by atoms with E-state index in [4.69, 9.17) is 9.47 Å². The summed E-state index contributed by atoms with van der Waals surface area (Å²) in [6.07, 6.45) is 0.940. The number of allylic oxidation sites excluding steroid dienone is 3. The van der Waals surface area contributed by atoms with Gasteiger partial charge in [-0.05, 0) is 37.3 Å². The van der Waals surface area contributed by atoms with Gasteiger partial charge in [0, 0.05) is 58.8 Å². The molecule has 0 saturated carbocycles. The summed E-state index contributed by atoms with van der Waals surface area (Å²) in [6.45, 7) is 4.47. The Morgan fingerprint density at radius 2 is 2.06 bits per heavy atom. The number of carbonyl (C=O) groups is 2. The van der Waals surface area contributed by atoms with E-state index in [1.165, 1.54) is 12.1 Å². The molecule has 34 heavy (non-hydrogen) atoms. The Bertz CT molecular complexity index is 1170. The summed E-state index contributed by atoms with van der Waals surface area (Å²) in [5, 5.41) is 16.7. The minimum atomic E-state index is -0.743. The number of nitrogens with one attached hydrogen (secondary N) is 1. The van der Waals surface area contributed by atoms with Gasteiger partial charge >= 0.3 is 5.97 Å². The van der Waals surface area contributed by atoms with Crippen molar-refractivity contribution in [2.45, 2.75) is 38.5 Å². The first-order chi connectivity index (χ1) is 16.4. The molecular weight excluding hydrogens is 456 g/mol. The Labute approximate surface area is 201 Å². The van der Waals surface area contributed by atoms with Crippen LogP contribution in [0.4, 0.5) is 5.69 Å². The van der Waals surface area contributed by atoms with Gasteiger partial charge in [0.15, 0.2) is 5.78 Å². The number of nitro groups is 1.